The lowest BCUT2D eigenvalue weighted by atomic mass is 10.2. The maximum atomic E-state index is 12.5. The Morgan fingerprint density at radius 2 is 2.00 bits per heavy atom. The molecule has 1 aromatic carbocycles. The highest BCUT2D eigenvalue weighted by molar-refractivity contribution is 7.89. The minimum absolute atomic E-state index is 0.163. The first-order valence-corrected chi connectivity index (χ1v) is 7.99. The second-order valence-electron chi connectivity index (χ2n) is 4.80. The summed E-state index contributed by atoms with van der Waals surface area (Å²) in [6.45, 7) is 4.40. The van der Waals surface area contributed by atoms with Gasteiger partial charge in [0.05, 0.1) is 7.11 Å². The maximum absolute atomic E-state index is 12.5. The molecule has 0 unspecified atom stereocenters. The van der Waals surface area contributed by atoms with Crippen LogP contribution in [-0.4, -0.2) is 33.4 Å². The monoisotopic (exact) mass is 305 g/mol. The minimum Gasteiger partial charge on any atom is -0.495 e. The molecular weight excluding hydrogens is 286 g/mol. The van der Waals surface area contributed by atoms with Crippen LogP contribution in [0.5, 0.6) is 5.75 Å². The minimum atomic E-state index is -3.56. The van der Waals surface area contributed by atoms with Gasteiger partial charge in [-0.1, -0.05) is 19.9 Å². The number of nitrogens with zero attached hydrogens (tertiary/aromatic N) is 1. The van der Waals surface area contributed by atoms with Crippen molar-refractivity contribution in [1.82, 2.24) is 4.31 Å². The molecule has 0 saturated carbocycles. The summed E-state index contributed by atoms with van der Waals surface area (Å²) in [5.41, 5.74) is 0.749. The Morgan fingerprint density at radius 1 is 1.37 bits per heavy atom. The van der Waals surface area contributed by atoms with Crippen molar-refractivity contribution in [3.63, 3.8) is 0 Å². The third-order valence-corrected chi connectivity index (χ3v) is 4.85. The van der Waals surface area contributed by atoms with Crippen LogP contribution in [0, 0.1) is 5.92 Å². The Balaban J connectivity index is 3.26. The maximum Gasteiger partial charge on any atom is 0.246 e. The Kier molecular flexibility index (Phi) is 5.64. The van der Waals surface area contributed by atoms with Crippen LogP contribution in [0.4, 0.5) is 0 Å². The van der Waals surface area contributed by atoms with Crippen molar-refractivity contribution >= 4 is 21.6 Å². The molecule has 1 rings (SSSR count). The lowest BCUT2D eigenvalue weighted by Crippen LogP contribution is -2.30. The number of rotatable bonds is 6. The summed E-state index contributed by atoms with van der Waals surface area (Å²) in [5, 5.41) is 0. The highest BCUT2D eigenvalue weighted by Gasteiger charge is 2.25. The quantitative estimate of drug-likeness (QED) is 0.759. The van der Waals surface area contributed by atoms with Gasteiger partial charge < -0.3 is 4.74 Å². The summed E-state index contributed by atoms with van der Waals surface area (Å²) < 4.78 is 31.5. The molecule has 0 saturated heterocycles. The number of sulfonamides is 1. The SMILES string of the molecule is COc1ccc(CCl)cc1S(=O)(=O)N(C)CC(C)C. The summed E-state index contributed by atoms with van der Waals surface area (Å²) >= 11 is 5.76. The van der Waals surface area contributed by atoms with Crippen LogP contribution in [0.15, 0.2) is 23.1 Å². The zero-order chi connectivity index (χ0) is 14.6. The number of halogens is 1. The fourth-order valence-corrected chi connectivity index (χ4v) is 3.49. The molecule has 0 radical (unpaired) electrons. The van der Waals surface area contributed by atoms with Crippen molar-refractivity contribution in [1.29, 1.82) is 0 Å². The molecular formula is C13H20ClNO3S. The van der Waals surface area contributed by atoms with Gasteiger partial charge in [-0.05, 0) is 23.6 Å². The van der Waals surface area contributed by atoms with Gasteiger partial charge in [0.2, 0.25) is 10.0 Å². The lowest BCUT2D eigenvalue weighted by molar-refractivity contribution is 0.391. The Bertz CT molecular complexity index is 529. The highest BCUT2D eigenvalue weighted by Crippen LogP contribution is 2.28. The molecule has 19 heavy (non-hydrogen) atoms. The Hall–Kier alpha value is -0.780. The topological polar surface area (TPSA) is 46.6 Å². The molecule has 0 aliphatic heterocycles. The van der Waals surface area contributed by atoms with Gasteiger partial charge in [0.15, 0.2) is 0 Å². The number of hydrogen-bond donors (Lipinski definition) is 0. The molecule has 1 aromatic rings. The van der Waals surface area contributed by atoms with Crippen molar-refractivity contribution in [3.05, 3.63) is 23.8 Å². The van der Waals surface area contributed by atoms with Crippen LogP contribution >= 0.6 is 11.6 Å². The summed E-state index contributed by atoms with van der Waals surface area (Å²) in [7, 11) is -0.533. The van der Waals surface area contributed by atoms with E-state index in [4.69, 9.17) is 16.3 Å². The molecule has 0 amide bonds. The van der Waals surface area contributed by atoms with E-state index in [0.717, 1.165) is 5.56 Å². The third kappa shape index (κ3) is 3.84. The predicted molar refractivity (Wildman–Crippen MR) is 77.2 cm³/mol. The van der Waals surface area contributed by atoms with E-state index in [2.05, 4.69) is 0 Å². The van der Waals surface area contributed by atoms with Crippen LogP contribution in [-0.2, 0) is 15.9 Å². The van der Waals surface area contributed by atoms with E-state index in [1.54, 1.807) is 25.2 Å². The van der Waals surface area contributed by atoms with Crippen molar-refractivity contribution in [2.24, 2.45) is 5.92 Å². The second kappa shape index (κ2) is 6.59. The molecule has 6 heteroatoms. The molecule has 0 N–H and O–H groups in total. The number of methoxy groups -OCH3 is 1. The van der Waals surface area contributed by atoms with Gasteiger partial charge in [-0.15, -0.1) is 11.6 Å². The lowest BCUT2D eigenvalue weighted by Gasteiger charge is -2.20. The Morgan fingerprint density at radius 3 is 2.47 bits per heavy atom. The first-order chi connectivity index (χ1) is 8.82. The van der Waals surface area contributed by atoms with Gasteiger partial charge in [0.1, 0.15) is 10.6 Å². The number of ether oxygens (including phenoxy) is 1. The van der Waals surface area contributed by atoms with Crippen molar-refractivity contribution in [2.45, 2.75) is 24.6 Å². The largest absolute Gasteiger partial charge is 0.495 e. The summed E-state index contributed by atoms with van der Waals surface area (Å²) in [4.78, 5) is 0.163. The number of hydrogen-bond acceptors (Lipinski definition) is 3. The van der Waals surface area contributed by atoms with E-state index in [-0.39, 0.29) is 16.7 Å². The van der Waals surface area contributed by atoms with Gasteiger partial charge in [0, 0.05) is 19.5 Å². The van der Waals surface area contributed by atoms with Gasteiger partial charge >= 0.3 is 0 Å². The zero-order valence-electron chi connectivity index (χ0n) is 11.7. The van der Waals surface area contributed by atoms with Crippen LogP contribution in [0.3, 0.4) is 0 Å². The van der Waals surface area contributed by atoms with Gasteiger partial charge in [0.25, 0.3) is 0 Å². The molecule has 0 aromatic heterocycles. The first kappa shape index (κ1) is 16.3. The van der Waals surface area contributed by atoms with Crippen molar-refractivity contribution < 1.29 is 13.2 Å². The fraction of sp³-hybridized carbons (Fsp3) is 0.538. The smallest absolute Gasteiger partial charge is 0.246 e. The van der Waals surface area contributed by atoms with Crippen molar-refractivity contribution in [3.8, 4) is 5.75 Å². The third-order valence-electron chi connectivity index (χ3n) is 2.69. The molecule has 0 aliphatic rings. The average molecular weight is 306 g/mol. The van der Waals surface area contributed by atoms with Crippen LogP contribution in [0.25, 0.3) is 0 Å². The van der Waals surface area contributed by atoms with Crippen LogP contribution < -0.4 is 4.74 Å². The fourth-order valence-electron chi connectivity index (χ4n) is 1.79. The molecule has 0 bridgehead atoms. The average Bonchev–Trinajstić information content (AvgIpc) is 2.37. The van der Waals surface area contributed by atoms with Crippen LogP contribution in [0.1, 0.15) is 19.4 Å². The summed E-state index contributed by atoms with van der Waals surface area (Å²) in [6.07, 6.45) is 0. The van der Waals surface area contributed by atoms with E-state index in [1.165, 1.54) is 11.4 Å². The first-order valence-electron chi connectivity index (χ1n) is 6.02. The van der Waals surface area contributed by atoms with Gasteiger partial charge in [-0.2, -0.15) is 0 Å². The van der Waals surface area contributed by atoms with E-state index in [1.807, 2.05) is 13.8 Å². The van der Waals surface area contributed by atoms with E-state index >= 15 is 0 Å². The second-order valence-corrected chi connectivity index (χ2v) is 7.08. The van der Waals surface area contributed by atoms with E-state index < -0.39 is 10.0 Å². The number of benzene rings is 1. The highest BCUT2D eigenvalue weighted by atomic mass is 35.5. The Labute approximate surface area is 120 Å². The normalized spacial score (nSPS) is 12.2. The molecule has 0 atom stereocenters. The molecule has 0 aliphatic carbocycles. The number of alkyl halides is 1. The molecule has 0 heterocycles. The summed E-state index contributed by atoms with van der Waals surface area (Å²) in [6, 6.07) is 4.96. The summed E-state index contributed by atoms with van der Waals surface area (Å²) in [5.74, 6) is 0.854. The van der Waals surface area contributed by atoms with E-state index in [9.17, 15) is 8.42 Å². The van der Waals surface area contributed by atoms with Crippen molar-refractivity contribution in [2.75, 3.05) is 20.7 Å². The van der Waals surface area contributed by atoms with Crippen LogP contribution in [0.2, 0.25) is 0 Å². The van der Waals surface area contributed by atoms with E-state index in [0.29, 0.717) is 12.3 Å². The standard InChI is InChI=1S/C13H20ClNO3S/c1-10(2)9-15(3)19(16,17)13-7-11(8-14)5-6-12(13)18-4/h5-7,10H,8-9H2,1-4H3. The molecule has 108 valence electrons. The molecule has 0 spiro atoms. The van der Waals surface area contributed by atoms with Gasteiger partial charge in [-0.25, -0.2) is 12.7 Å². The predicted octanol–water partition coefficient (Wildman–Crippen LogP) is 2.71. The molecule has 0 fully saturated rings. The molecule has 4 nitrogen and oxygen atoms in total. The zero-order valence-corrected chi connectivity index (χ0v) is 13.3. The van der Waals surface area contributed by atoms with Gasteiger partial charge in [-0.3, -0.25) is 0 Å².